The molecule has 0 saturated heterocycles. The van der Waals surface area contributed by atoms with E-state index in [-0.39, 0.29) is 37.9 Å². The van der Waals surface area contributed by atoms with Crippen LogP contribution in [0.25, 0.3) is 0 Å². The molecule has 3 N–H and O–H groups in total. The molecule has 224 valence electrons. The molecule has 2 atom stereocenters. The van der Waals surface area contributed by atoms with Gasteiger partial charge in [-0.3, -0.25) is 9.59 Å². The molecule has 0 spiro atoms. The van der Waals surface area contributed by atoms with Gasteiger partial charge in [0.1, 0.15) is 18.4 Å². The van der Waals surface area contributed by atoms with Crippen molar-refractivity contribution in [2.75, 3.05) is 20.2 Å². The van der Waals surface area contributed by atoms with Crippen LogP contribution in [0.4, 0.5) is 4.79 Å². The van der Waals surface area contributed by atoms with Crippen LogP contribution < -0.4 is 15.4 Å². The maximum absolute atomic E-state index is 14.0. The second-order valence-electron chi connectivity index (χ2n) is 10.2. The van der Waals surface area contributed by atoms with Crippen molar-refractivity contribution < 1.29 is 23.9 Å². The van der Waals surface area contributed by atoms with E-state index in [4.69, 9.17) is 9.47 Å². The van der Waals surface area contributed by atoms with E-state index in [9.17, 15) is 14.4 Å². The number of aromatic amines is 1. The summed E-state index contributed by atoms with van der Waals surface area (Å²) in [6.07, 6.45) is 2.51. The molecule has 4 aromatic rings. The molecule has 1 unspecified atom stereocenters. The number of alkyl carbamates (subject to hydrolysis) is 1. The Kier molecular flexibility index (Phi) is 11.3. The lowest BCUT2D eigenvalue weighted by atomic mass is 10.0. The number of amides is 3. The third-order valence-electron chi connectivity index (χ3n) is 6.90. The summed E-state index contributed by atoms with van der Waals surface area (Å²) in [5, 5.41) is 5.65. The van der Waals surface area contributed by atoms with Crippen molar-refractivity contribution >= 4 is 17.9 Å². The van der Waals surface area contributed by atoms with Gasteiger partial charge in [-0.1, -0.05) is 79.7 Å². The van der Waals surface area contributed by atoms with Gasteiger partial charge >= 0.3 is 6.09 Å². The van der Waals surface area contributed by atoms with E-state index in [0.29, 0.717) is 18.0 Å². The lowest BCUT2D eigenvalue weighted by molar-refractivity contribution is -0.138. The number of rotatable bonds is 14. The first-order chi connectivity index (χ1) is 20.9. The Balaban J connectivity index is 1.49. The highest BCUT2D eigenvalue weighted by Crippen LogP contribution is 2.17. The minimum absolute atomic E-state index is 0.0471. The maximum atomic E-state index is 14.0. The third kappa shape index (κ3) is 9.74. The van der Waals surface area contributed by atoms with Crippen LogP contribution in [0, 0.1) is 0 Å². The Morgan fingerprint density at radius 3 is 2.37 bits per heavy atom. The number of benzene rings is 3. The molecule has 3 aromatic carbocycles. The average Bonchev–Trinajstić information content (AvgIpc) is 3.56. The number of nitrogens with zero attached hydrogens (tertiary/aromatic N) is 2. The molecule has 0 aliphatic heterocycles. The summed E-state index contributed by atoms with van der Waals surface area (Å²) in [5.41, 5.74) is 3.26. The molecule has 1 heterocycles. The highest BCUT2D eigenvalue weighted by molar-refractivity contribution is 5.89. The van der Waals surface area contributed by atoms with E-state index in [1.807, 2.05) is 79.7 Å². The average molecular weight is 584 g/mol. The number of aromatic nitrogens is 2. The number of ether oxygens (including phenoxy) is 2. The van der Waals surface area contributed by atoms with Gasteiger partial charge in [0.05, 0.1) is 25.7 Å². The van der Waals surface area contributed by atoms with Crippen LogP contribution in [0.3, 0.4) is 0 Å². The van der Waals surface area contributed by atoms with Crippen molar-refractivity contribution in [3.8, 4) is 5.75 Å². The molecule has 43 heavy (non-hydrogen) atoms. The van der Waals surface area contributed by atoms with Crippen LogP contribution in [-0.4, -0.2) is 59.0 Å². The van der Waals surface area contributed by atoms with E-state index in [1.54, 1.807) is 25.4 Å². The van der Waals surface area contributed by atoms with Crippen LogP contribution in [0.5, 0.6) is 5.75 Å². The Morgan fingerprint density at radius 1 is 0.953 bits per heavy atom. The molecule has 4 rings (SSSR count). The molecule has 3 amide bonds. The van der Waals surface area contributed by atoms with Crippen LogP contribution in [0.15, 0.2) is 97.5 Å². The van der Waals surface area contributed by atoms with Crippen molar-refractivity contribution in [1.82, 2.24) is 25.5 Å². The molecule has 0 aliphatic carbocycles. The zero-order valence-corrected chi connectivity index (χ0v) is 24.4. The largest absolute Gasteiger partial charge is 0.497 e. The molecular weight excluding hydrogens is 546 g/mol. The topological polar surface area (TPSA) is 126 Å². The van der Waals surface area contributed by atoms with Crippen LogP contribution in [0.2, 0.25) is 0 Å². The Morgan fingerprint density at radius 2 is 1.67 bits per heavy atom. The molecule has 0 radical (unpaired) electrons. The zero-order valence-electron chi connectivity index (χ0n) is 24.4. The zero-order chi connectivity index (χ0) is 30.4. The van der Waals surface area contributed by atoms with Gasteiger partial charge in [-0.25, -0.2) is 9.78 Å². The smallest absolute Gasteiger partial charge is 0.408 e. The predicted octanol–water partition coefficient (Wildman–Crippen LogP) is 4.20. The monoisotopic (exact) mass is 583 g/mol. The fourth-order valence-corrected chi connectivity index (χ4v) is 4.54. The van der Waals surface area contributed by atoms with E-state index >= 15 is 0 Å². The van der Waals surface area contributed by atoms with Crippen molar-refractivity contribution in [1.29, 1.82) is 0 Å². The molecule has 10 nitrogen and oxygen atoms in total. The summed E-state index contributed by atoms with van der Waals surface area (Å²) < 4.78 is 10.7. The fourth-order valence-electron chi connectivity index (χ4n) is 4.54. The summed E-state index contributed by atoms with van der Waals surface area (Å²) in [4.78, 5) is 48.6. The van der Waals surface area contributed by atoms with Gasteiger partial charge in [0.25, 0.3) is 0 Å². The molecule has 0 saturated carbocycles. The molecule has 0 fully saturated rings. The number of hydrogen-bond donors (Lipinski definition) is 3. The van der Waals surface area contributed by atoms with E-state index in [0.717, 1.165) is 16.7 Å². The summed E-state index contributed by atoms with van der Waals surface area (Å²) >= 11 is 0. The SMILES string of the molecule is COc1cccc(CN(CC(=O)NCC(C)c2ccccc2)C(=O)[C@H](Cc2c[nH]cn2)NC(=O)OCc2ccccc2)c1. The first-order valence-electron chi connectivity index (χ1n) is 14.1. The Hall–Kier alpha value is -5.12. The first-order valence-corrected chi connectivity index (χ1v) is 14.1. The lowest BCUT2D eigenvalue weighted by Crippen LogP contribution is -2.52. The Labute approximate surface area is 251 Å². The molecule has 10 heteroatoms. The van der Waals surface area contributed by atoms with E-state index in [2.05, 4.69) is 20.6 Å². The number of methoxy groups -OCH3 is 1. The van der Waals surface area contributed by atoms with Crippen LogP contribution in [0.1, 0.15) is 35.2 Å². The van der Waals surface area contributed by atoms with Gasteiger partial charge < -0.3 is 30.0 Å². The molecular formula is C33H37N5O5. The number of hydrogen-bond acceptors (Lipinski definition) is 6. The van der Waals surface area contributed by atoms with Crippen LogP contribution >= 0.6 is 0 Å². The predicted molar refractivity (Wildman–Crippen MR) is 162 cm³/mol. The number of carbonyl (C=O) groups is 3. The number of imidazole rings is 1. The van der Waals surface area contributed by atoms with Gasteiger partial charge in [0, 0.05) is 25.7 Å². The normalized spacial score (nSPS) is 12.0. The molecule has 0 bridgehead atoms. The minimum atomic E-state index is -1.03. The van der Waals surface area contributed by atoms with E-state index in [1.165, 1.54) is 11.2 Å². The van der Waals surface area contributed by atoms with Crippen molar-refractivity contribution in [2.45, 2.75) is 38.5 Å². The maximum Gasteiger partial charge on any atom is 0.408 e. The van der Waals surface area contributed by atoms with Crippen LogP contribution in [-0.2, 0) is 33.9 Å². The lowest BCUT2D eigenvalue weighted by Gasteiger charge is -2.28. The second-order valence-corrected chi connectivity index (χ2v) is 10.2. The number of H-pyrrole nitrogens is 1. The van der Waals surface area contributed by atoms with Gasteiger partial charge in [0.15, 0.2) is 0 Å². The highest BCUT2D eigenvalue weighted by Gasteiger charge is 2.29. The first kappa shape index (κ1) is 30.8. The van der Waals surface area contributed by atoms with E-state index < -0.39 is 18.0 Å². The summed E-state index contributed by atoms with van der Waals surface area (Å²) in [5.74, 6) is -0.0548. The van der Waals surface area contributed by atoms with Crippen molar-refractivity contribution in [3.05, 3.63) is 120 Å². The highest BCUT2D eigenvalue weighted by atomic mass is 16.5. The number of carbonyl (C=O) groups excluding carboxylic acids is 3. The fraction of sp³-hybridized carbons (Fsp3) is 0.273. The molecule has 0 aliphatic rings. The van der Waals surface area contributed by atoms with Gasteiger partial charge in [0.2, 0.25) is 11.8 Å². The Bertz CT molecular complexity index is 1450. The second kappa shape index (κ2) is 15.8. The van der Waals surface area contributed by atoms with Crippen molar-refractivity contribution in [3.63, 3.8) is 0 Å². The summed E-state index contributed by atoms with van der Waals surface area (Å²) in [6.45, 7) is 2.39. The van der Waals surface area contributed by atoms with Gasteiger partial charge in [-0.2, -0.15) is 0 Å². The molecule has 1 aromatic heterocycles. The van der Waals surface area contributed by atoms with Gasteiger partial charge in [-0.15, -0.1) is 0 Å². The van der Waals surface area contributed by atoms with Crippen molar-refractivity contribution in [2.24, 2.45) is 0 Å². The standard InChI is InChI=1S/C33H37N5O5/c1-24(27-13-7-4-8-14-27)18-35-31(39)21-38(20-26-12-9-15-29(16-26)42-2)32(40)30(17-28-19-34-23-36-28)37-33(41)43-22-25-10-5-3-6-11-25/h3-16,19,23-24,30H,17-18,20-22H2,1-2H3,(H,34,36)(H,35,39)(H,37,41)/t24?,30-/m0/s1. The minimum Gasteiger partial charge on any atom is -0.497 e. The number of nitrogens with one attached hydrogen (secondary N) is 3. The summed E-state index contributed by atoms with van der Waals surface area (Å²) in [6, 6.07) is 25.4. The summed E-state index contributed by atoms with van der Waals surface area (Å²) in [7, 11) is 1.56. The van der Waals surface area contributed by atoms with Gasteiger partial charge in [-0.05, 0) is 34.7 Å². The third-order valence-corrected chi connectivity index (χ3v) is 6.90. The quantitative estimate of drug-likeness (QED) is 0.204.